The second-order valence-electron chi connectivity index (χ2n) is 4.54. The third-order valence-corrected chi connectivity index (χ3v) is 2.92. The Morgan fingerprint density at radius 3 is 2.58 bits per heavy atom. The molecule has 0 bridgehead atoms. The summed E-state index contributed by atoms with van der Waals surface area (Å²) in [7, 11) is 0. The second-order valence-corrected chi connectivity index (χ2v) is 4.54. The summed E-state index contributed by atoms with van der Waals surface area (Å²) >= 11 is 0. The molecule has 0 atom stereocenters. The van der Waals surface area contributed by atoms with Crippen LogP contribution in [0.1, 0.15) is 48.5 Å². The Balaban J connectivity index is 2.54. The molecule has 0 aliphatic carbocycles. The van der Waals surface area contributed by atoms with Crippen LogP contribution in [0.4, 0.5) is 0 Å². The van der Waals surface area contributed by atoms with Crippen molar-refractivity contribution in [2.24, 2.45) is 0 Å². The number of carboxylic acids is 1. The summed E-state index contributed by atoms with van der Waals surface area (Å²) in [4.78, 5) is 22.7. The first kappa shape index (κ1) is 15.2. The summed E-state index contributed by atoms with van der Waals surface area (Å²) in [5.74, 6) is -1.11. The van der Waals surface area contributed by atoms with Crippen LogP contribution in [0.3, 0.4) is 0 Å². The summed E-state index contributed by atoms with van der Waals surface area (Å²) in [6, 6.07) is 6.84. The van der Waals surface area contributed by atoms with E-state index in [2.05, 4.69) is 12.2 Å². The summed E-state index contributed by atoms with van der Waals surface area (Å²) in [6.07, 6.45) is 4.27. The number of hydrogen-bond donors (Lipinski definition) is 2. The number of unbranched alkanes of at least 4 members (excludes halogenated alkanes) is 3. The van der Waals surface area contributed by atoms with E-state index in [9.17, 15) is 9.59 Å². The van der Waals surface area contributed by atoms with Crippen molar-refractivity contribution < 1.29 is 14.7 Å². The monoisotopic (exact) mass is 263 g/mol. The number of carbonyl (C=O) groups excluding carboxylic acids is 1. The van der Waals surface area contributed by atoms with E-state index in [0.29, 0.717) is 17.7 Å². The maximum atomic E-state index is 12.0. The van der Waals surface area contributed by atoms with E-state index in [4.69, 9.17) is 5.11 Å². The molecule has 1 rings (SSSR count). The van der Waals surface area contributed by atoms with Crippen molar-refractivity contribution in [3.63, 3.8) is 0 Å². The zero-order valence-electron chi connectivity index (χ0n) is 11.3. The first-order valence-electron chi connectivity index (χ1n) is 6.73. The van der Waals surface area contributed by atoms with Crippen LogP contribution in [0, 0.1) is 0 Å². The molecule has 1 aromatic rings. The topological polar surface area (TPSA) is 66.4 Å². The van der Waals surface area contributed by atoms with Gasteiger partial charge in [-0.2, -0.15) is 0 Å². The van der Waals surface area contributed by atoms with E-state index in [1.807, 2.05) is 0 Å². The van der Waals surface area contributed by atoms with Gasteiger partial charge in [-0.1, -0.05) is 44.4 Å². The molecule has 0 fully saturated rings. The number of rotatable bonds is 8. The molecule has 0 aromatic heterocycles. The first-order valence-corrected chi connectivity index (χ1v) is 6.73. The molecule has 2 N–H and O–H groups in total. The fourth-order valence-corrected chi connectivity index (χ4v) is 1.91. The molecule has 0 spiro atoms. The Morgan fingerprint density at radius 1 is 1.16 bits per heavy atom. The van der Waals surface area contributed by atoms with Gasteiger partial charge < -0.3 is 10.4 Å². The van der Waals surface area contributed by atoms with Crippen LogP contribution in [0.25, 0.3) is 0 Å². The van der Waals surface area contributed by atoms with Gasteiger partial charge in [0.05, 0.1) is 6.42 Å². The molecular weight excluding hydrogens is 242 g/mol. The van der Waals surface area contributed by atoms with Gasteiger partial charge in [-0.3, -0.25) is 9.59 Å². The molecule has 0 unspecified atom stereocenters. The zero-order chi connectivity index (χ0) is 14.1. The number of carbonyl (C=O) groups is 2. The Morgan fingerprint density at radius 2 is 1.89 bits per heavy atom. The Bertz CT molecular complexity index is 429. The number of hydrogen-bond acceptors (Lipinski definition) is 2. The minimum atomic E-state index is -0.928. The molecule has 0 radical (unpaired) electrons. The maximum Gasteiger partial charge on any atom is 0.307 e. The highest BCUT2D eigenvalue weighted by Gasteiger charge is 2.12. The van der Waals surface area contributed by atoms with Crippen molar-refractivity contribution in [3.8, 4) is 0 Å². The number of benzene rings is 1. The number of amides is 1. The van der Waals surface area contributed by atoms with Crippen molar-refractivity contribution in [3.05, 3.63) is 35.4 Å². The lowest BCUT2D eigenvalue weighted by atomic mass is 10.0. The van der Waals surface area contributed by atoms with Crippen LogP contribution in [0.5, 0.6) is 0 Å². The molecule has 1 aromatic carbocycles. The van der Waals surface area contributed by atoms with Gasteiger partial charge >= 0.3 is 5.97 Å². The van der Waals surface area contributed by atoms with Gasteiger partial charge in [0, 0.05) is 12.1 Å². The highest BCUT2D eigenvalue weighted by Crippen LogP contribution is 2.09. The van der Waals surface area contributed by atoms with E-state index in [0.717, 1.165) is 19.3 Å². The third kappa shape index (κ3) is 5.55. The first-order chi connectivity index (χ1) is 9.15. The molecule has 0 aliphatic rings. The lowest BCUT2D eigenvalue weighted by Gasteiger charge is -2.08. The molecular formula is C15H21NO3. The van der Waals surface area contributed by atoms with Crippen molar-refractivity contribution in [1.82, 2.24) is 5.32 Å². The minimum Gasteiger partial charge on any atom is -0.481 e. The maximum absolute atomic E-state index is 12.0. The van der Waals surface area contributed by atoms with Crippen LogP contribution in [0.15, 0.2) is 24.3 Å². The quantitative estimate of drug-likeness (QED) is 0.708. The summed E-state index contributed by atoms with van der Waals surface area (Å²) in [5.41, 5.74) is 1.02. The van der Waals surface area contributed by atoms with Crippen molar-refractivity contribution >= 4 is 11.9 Å². The summed E-state index contributed by atoms with van der Waals surface area (Å²) < 4.78 is 0. The highest BCUT2D eigenvalue weighted by atomic mass is 16.4. The predicted molar refractivity (Wildman–Crippen MR) is 74.3 cm³/mol. The van der Waals surface area contributed by atoms with Crippen LogP contribution < -0.4 is 5.32 Å². The number of carboxylic acid groups (broad SMARTS) is 1. The second kappa shape index (κ2) is 8.29. The normalized spacial score (nSPS) is 10.2. The molecule has 4 heteroatoms. The lowest BCUT2D eigenvalue weighted by Crippen LogP contribution is -2.26. The molecule has 0 aliphatic heterocycles. The van der Waals surface area contributed by atoms with Crippen LogP contribution in [0.2, 0.25) is 0 Å². The third-order valence-electron chi connectivity index (χ3n) is 2.92. The highest BCUT2D eigenvalue weighted by molar-refractivity contribution is 5.96. The van der Waals surface area contributed by atoms with Crippen LogP contribution in [-0.4, -0.2) is 23.5 Å². The van der Waals surface area contributed by atoms with Crippen molar-refractivity contribution in [2.75, 3.05) is 6.54 Å². The molecule has 0 saturated heterocycles. The fourth-order valence-electron chi connectivity index (χ4n) is 1.91. The molecule has 1 amide bonds. The Labute approximate surface area is 113 Å². The average molecular weight is 263 g/mol. The van der Waals surface area contributed by atoms with E-state index in [1.54, 1.807) is 24.3 Å². The van der Waals surface area contributed by atoms with Crippen molar-refractivity contribution in [2.45, 2.75) is 39.0 Å². The van der Waals surface area contributed by atoms with Gasteiger partial charge in [-0.15, -0.1) is 0 Å². The van der Waals surface area contributed by atoms with Gasteiger partial charge in [0.15, 0.2) is 0 Å². The fraction of sp³-hybridized carbons (Fsp3) is 0.467. The summed E-state index contributed by atoms with van der Waals surface area (Å²) in [6.45, 7) is 2.78. The van der Waals surface area contributed by atoms with Gasteiger partial charge in [-0.25, -0.2) is 0 Å². The molecule has 104 valence electrons. The number of nitrogens with one attached hydrogen (secondary N) is 1. The Hall–Kier alpha value is -1.84. The van der Waals surface area contributed by atoms with Gasteiger partial charge in [0.1, 0.15) is 0 Å². The van der Waals surface area contributed by atoms with Gasteiger partial charge in [0.2, 0.25) is 0 Å². The Kier molecular flexibility index (Phi) is 6.64. The van der Waals surface area contributed by atoms with E-state index in [-0.39, 0.29) is 12.3 Å². The van der Waals surface area contributed by atoms with E-state index in [1.165, 1.54) is 6.42 Å². The molecule has 4 nitrogen and oxygen atoms in total. The van der Waals surface area contributed by atoms with Crippen LogP contribution >= 0.6 is 0 Å². The van der Waals surface area contributed by atoms with Crippen molar-refractivity contribution in [1.29, 1.82) is 0 Å². The number of aliphatic carboxylic acids is 1. The minimum absolute atomic E-state index is 0.126. The molecule has 19 heavy (non-hydrogen) atoms. The van der Waals surface area contributed by atoms with E-state index >= 15 is 0 Å². The summed E-state index contributed by atoms with van der Waals surface area (Å²) in [5, 5.41) is 11.7. The zero-order valence-corrected chi connectivity index (χ0v) is 11.3. The standard InChI is InChI=1S/C15H21NO3/c1-2-3-4-7-10-16-15(19)13-9-6-5-8-12(13)11-14(17)18/h5-6,8-9H,2-4,7,10-11H2,1H3,(H,16,19)(H,17,18). The van der Waals surface area contributed by atoms with Gasteiger partial charge in [-0.05, 0) is 18.1 Å². The van der Waals surface area contributed by atoms with Crippen LogP contribution in [-0.2, 0) is 11.2 Å². The SMILES string of the molecule is CCCCCCNC(=O)c1ccccc1CC(=O)O. The lowest BCUT2D eigenvalue weighted by molar-refractivity contribution is -0.136. The smallest absolute Gasteiger partial charge is 0.307 e. The van der Waals surface area contributed by atoms with E-state index < -0.39 is 5.97 Å². The average Bonchev–Trinajstić information content (AvgIpc) is 2.38. The largest absolute Gasteiger partial charge is 0.481 e. The molecule has 0 saturated carbocycles. The predicted octanol–water partition coefficient (Wildman–Crippen LogP) is 2.62. The van der Waals surface area contributed by atoms with Gasteiger partial charge in [0.25, 0.3) is 5.91 Å². The molecule has 0 heterocycles.